The van der Waals surface area contributed by atoms with Gasteiger partial charge in [0.15, 0.2) is 17.5 Å². The third-order valence-corrected chi connectivity index (χ3v) is 4.22. The summed E-state index contributed by atoms with van der Waals surface area (Å²) in [5.74, 6) is 2.10. The van der Waals surface area contributed by atoms with E-state index < -0.39 is 0 Å². The number of ether oxygens (including phenoxy) is 2. The minimum atomic E-state index is -0.173. The number of fused-ring (bicyclic) bond motifs is 1. The average Bonchev–Trinajstić information content (AvgIpc) is 2.92. The van der Waals surface area contributed by atoms with Crippen molar-refractivity contribution in [3.8, 4) is 11.5 Å². The first kappa shape index (κ1) is 19.0. The normalized spacial score (nSPS) is 13.8. The van der Waals surface area contributed by atoms with Crippen molar-refractivity contribution in [1.82, 2.24) is 10.6 Å². The lowest BCUT2D eigenvalue weighted by molar-refractivity contribution is 0.297. The maximum Gasteiger partial charge on any atom is 0.191 e. The van der Waals surface area contributed by atoms with Crippen LogP contribution in [0.4, 0.5) is 4.39 Å². The van der Waals surface area contributed by atoms with E-state index in [-0.39, 0.29) is 5.82 Å². The summed E-state index contributed by atoms with van der Waals surface area (Å²) in [6.07, 6.45) is 1.49. The van der Waals surface area contributed by atoms with Gasteiger partial charge in [0.05, 0.1) is 19.8 Å². The summed E-state index contributed by atoms with van der Waals surface area (Å²) in [6, 6.07) is 12.8. The first-order valence-corrected chi connectivity index (χ1v) is 9.40. The Morgan fingerprint density at radius 1 is 1.07 bits per heavy atom. The number of nitrogens with one attached hydrogen (secondary N) is 2. The van der Waals surface area contributed by atoms with Gasteiger partial charge in [-0.2, -0.15) is 0 Å². The van der Waals surface area contributed by atoms with Gasteiger partial charge in [-0.15, -0.1) is 0 Å². The van der Waals surface area contributed by atoms with Crippen LogP contribution in [0.1, 0.15) is 24.5 Å². The van der Waals surface area contributed by atoms with Gasteiger partial charge in [0.2, 0.25) is 0 Å². The average molecular weight is 371 g/mol. The molecule has 5 nitrogen and oxygen atoms in total. The molecular formula is C21H26FN3O2. The molecule has 0 aromatic heterocycles. The molecule has 144 valence electrons. The maximum atomic E-state index is 13.7. The zero-order valence-corrected chi connectivity index (χ0v) is 15.6. The van der Waals surface area contributed by atoms with Crippen molar-refractivity contribution in [2.45, 2.75) is 26.3 Å². The molecular weight excluding hydrogens is 345 g/mol. The van der Waals surface area contributed by atoms with E-state index in [0.29, 0.717) is 44.2 Å². The van der Waals surface area contributed by atoms with Crippen LogP contribution in [0, 0.1) is 5.82 Å². The van der Waals surface area contributed by atoms with Crippen molar-refractivity contribution in [3.63, 3.8) is 0 Å². The maximum absolute atomic E-state index is 13.7. The molecule has 1 aliphatic rings. The minimum absolute atomic E-state index is 0.173. The number of rotatable bonds is 6. The summed E-state index contributed by atoms with van der Waals surface area (Å²) < 4.78 is 25.1. The van der Waals surface area contributed by atoms with Crippen molar-refractivity contribution < 1.29 is 13.9 Å². The third-order valence-electron chi connectivity index (χ3n) is 4.22. The number of hydrogen-bond donors (Lipinski definition) is 2. The summed E-state index contributed by atoms with van der Waals surface area (Å²) in [5.41, 5.74) is 1.74. The largest absolute Gasteiger partial charge is 0.490 e. The van der Waals surface area contributed by atoms with Crippen LogP contribution in [0.2, 0.25) is 0 Å². The number of hydrogen-bond acceptors (Lipinski definition) is 3. The van der Waals surface area contributed by atoms with Gasteiger partial charge < -0.3 is 20.1 Å². The first-order chi connectivity index (χ1) is 13.3. The molecule has 0 fully saturated rings. The van der Waals surface area contributed by atoms with Gasteiger partial charge in [-0.25, -0.2) is 9.38 Å². The van der Waals surface area contributed by atoms with Crippen LogP contribution in [0.15, 0.2) is 47.5 Å². The van der Waals surface area contributed by atoms with E-state index in [9.17, 15) is 4.39 Å². The number of benzene rings is 2. The van der Waals surface area contributed by atoms with Gasteiger partial charge >= 0.3 is 0 Å². The summed E-state index contributed by atoms with van der Waals surface area (Å²) in [4.78, 5) is 4.61. The van der Waals surface area contributed by atoms with E-state index in [4.69, 9.17) is 9.47 Å². The molecule has 6 heteroatoms. The van der Waals surface area contributed by atoms with Crippen molar-refractivity contribution >= 4 is 5.96 Å². The second-order valence-electron chi connectivity index (χ2n) is 6.29. The number of nitrogens with zero attached hydrogens (tertiary/aromatic N) is 1. The Kier molecular flexibility index (Phi) is 6.90. The second kappa shape index (κ2) is 9.80. The van der Waals surface area contributed by atoms with Gasteiger partial charge in [0, 0.05) is 19.5 Å². The molecule has 2 aromatic rings. The Morgan fingerprint density at radius 3 is 2.70 bits per heavy atom. The molecule has 0 amide bonds. The van der Waals surface area contributed by atoms with Gasteiger partial charge in [0.1, 0.15) is 5.82 Å². The highest BCUT2D eigenvalue weighted by Crippen LogP contribution is 2.30. The molecule has 27 heavy (non-hydrogen) atoms. The highest BCUT2D eigenvalue weighted by molar-refractivity contribution is 5.79. The first-order valence-electron chi connectivity index (χ1n) is 9.40. The van der Waals surface area contributed by atoms with Gasteiger partial charge in [-0.3, -0.25) is 0 Å². The highest BCUT2D eigenvalue weighted by atomic mass is 19.1. The quantitative estimate of drug-likeness (QED) is 0.604. The summed E-state index contributed by atoms with van der Waals surface area (Å²) in [5, 5.41) is 6.47. The van der Waals surface area contributed by atoms with Crippen molar-refractivity contribution in [3.05, 3.63) is 59.4 Å². The lowest BCUT2D eigenvalue weighted by Gasteiger charge is -2.12. The summed E-state index contributed by atoms with van der Waals surface area (Å²) in [7, 11) is 0. The van der Waals surface area contributed by atoms with Crippen LogP contribution in [0.5, 0.6) is 11.5 Å². The van der Waals surface area contributed by atoms with Crippen molar-refractivity contribution in [1.29, 1.82) is 0 Å². The smallest absolute Gasteiger partial charge is 0.191 e. The molecule has 0 unspecified atom stereocenters. The Hall–Kier alpha value is -2.76. The van der Waals surface area contributed by atoms with Crippen LogP contribution in [-0.2, 0) is 13.0 Å². The van der Waals surface area contributed by atoms with E-state index in [0.717, 1.165) is 30.0 Å². The summed E-state index contributed by atoms with van der Waals surface area (Å²) in [6.45, 7) is 5.24. The Morgan fingerprint density at radius 2 is 1.89 bits per heavy atom. The van der Waals surface area contributed by atoms with E-state index >= 15 is 0 Å². The molecule has 1 aliphatic heterocycles. The third kappa shape index (κ3) is 5.61. The molecule has 0 saturated carbocycles. The molecule has 2 aromatic carbocycles. The van der Waals surface area contributed by atoms with Gasteiger partial charge in [-0.05, 0) is 42.7 Å². The van der Waals surface area contributed by atoms with Crippen LogP contribution < -0.4 is 20.1 Å². The Labute approximate surface area is 159 Å². The topological polar surface area (TPSA) is 54.9 Å². The highest BCUT2D eigenvalue weighted by Gasteiger charge is 2.10. The predicted octanol–water partition coefficient (Wildman–Crippen LogP) is 3.28. The lowest BCUT2D eigenvalue weighted by Crippen LogP contribution is -2.38. The molecule has 0 spiro atoms. The predicted molar refractivity (Wildman–Crippen MR) is 105 cm³/mol. The van der Waals surface area contributed by atoms with E-state index in [2.05, 4.69) is 15.6 Å². The van der Waals surface area contributed by atoms with Crippen LogP contribution >= 0.6 is 0 Å². The fourth-order valence-electron chi connectivity index (χ4n) is 2.83. The van der Waals surface area contributed by atoms with Crippen LogP contribution in [0.25, 0.3) is 0 Å². The van der Waals surface area contributed by atoms with Gasteiger partial charge in [0.25, 0.3) is 0 Å². The second-order valence-corrected chi connectivity index (χ2v) is 6.29. The standard InChI is InChI=1S/C21H26FN3O2/c1-2-23-21(24-11-10-17-6-3-4-7-18(17)22)25-15-16-8-9-19-20(14-16)27-13-5-12-26-19/h3-4,6-9,14H,2,5,10-13,15H2,1H3,(H2,23,24,25). The molecule has 3 rings (SSSR count). The SMILES string of the molecule is CCNC(=NCc1ccc2c(c1)OCCCO2)NCCc1ccccc1F. The number of guanidine groups is 1. The monoisotopic (exact) mass is 371 g/mol. The molecule has 0 aliphatic carbocycles. The molecule has 0 bridgehead atoms. The fraction of sp³-hybridized carbons (Fsp3) is 0.381. The molecule has 2 N–H and O–H groups in total. The van der Waals surface area contributed by atoms with E-state index in [1.807, 2.05) is 31.2 Å². The van der Waals surface area contributed by atoms with E-state index in [1.54, 1.807) is 12.1 Å². The van der Waals surface area contributed by atoms with E-state index in [1.165, 1.54) is 6.07 Å². The number of halogens is 1. The fourth-order valence-corrected chi connectivity index (χ4v) is 2.83. The Bertz CT molecular complexity index is 780. The molecule has 1 heterocycles. The number of aliphatic imine (C=N–C) groups is 1. The molecule has 0 saturated heterocycles. The summed E-state index contributed by atoms with van der Waals surface area (Å²) >= 11 is 0. The molecule has 0 radical (unpaired) electrons. The van der Waals surface area contributed by atoms with Crippen LogP contribution in [-0.4, -0.2) is 32.3 Å². The molecule has 0 atom stereocenters. The zero-order valence-electron chi connectivity index (χ0n) is 15.6. The minimum Gasteiger partial charge on any atom is -0.490 e. The zero-order chi connectivity index (χ0) is 18.9. The lowest BCUT2D eigenvalue weighted by atomic mass is 10.1. The van der Waals surface area contributed by atoms with Crippen molar-refractivity contribution in [2.24, 2.45) is 4.99 Å². The van der Waals surface area contributed by atoms with Crippen LogP contribution in [0.3, 0.4) is 0 Å². The van der Waals surface area contributed by atoms with Gasteiger partial charge in [-0.1, -0.05) is 24.3 Å². The van der Waals surface area contributed by atoms with Crippen molar-refractivity contribution in [2.75, 3.05) is 26.3 Å². The Balaban J connectivity index is 1.58.